The van der Waals surface area contributed by atoms with Crippen molar-refractivity contribution < 1.29 is 0 Å². The largest absolute Gasteiger partial charge is 0.328 e. The Morgan fingerprint density at radius 2 is 1.95 bits per heavy atom. The fraction of sp³-hybridized carbons (Fsp3) is 1.00. The van der Waals surface area contributed by atoms with E-state index in [0.29, 0.717) is 11.6 Å². The van der Waals surface area contributed by atoms with Gasteiger partial charge in [0.2, 0.25) is 0 Å². The monoisotopic (exact) mass is 280 g/mol. The summed E-state index contributed by atoms with van der Waals surface area (Å²) in [4.78, 5) is 2.90. The summed E-state index contributed by atoms with van der Waals surface area (Å²) in [6.45, 7) is 10.9. The Hall–Kier alpha value is -0.0800. The number of hydrogen-bond donors (Lipinski definition) is 1. The smallest absolute Gasteiger partial charge is 0.0184 e. The van der Waals surface area contributed by atoms with E-state index in [2.05, 4.69) is 32.6 Å². The molecule has 0 radical (unpaired) electrons. The highest BCUT2D eigenvalue weighted by molar-refractivity contribution is 5.03. The maximum absolute atomic E-state index is 6.29. The summed E-state index contributed by atoms with van der Waals surface area (Å²) in [6, 6.07) is 1.27. The number of likely N-dealkylation sites (tertiary alicyclic amines) is 1. The maximum atomic E-state index is 6.29. The fourth-order valence-corrected chi connectivity index (χ4v) is 4.91. The molecule has 0 amide bonds. The molecule has 2 rings (SSSR count). The molecular weight excluding hydrogens is 244 g/mol. The Labute approximate surface area is 126 Å². The minimum Gasteiger partial charge on any atom is -0.328 e. The topological polar surface area (TPSA) is 29.3 Å². The molecule has 1 saturated heterocycles. The number of nitrogens with two attached hydrogens (primary N) is 1. The molecular formula is C18H36N2. The number of rotatable bonds is 5. The number of nitrogens with zero attached hydrogens (tertiary/aromatic N) is 1. The van der Waals surface area contributed by atoms with Crippen LogP contribution in [0.15, 0.2) is 0 Å². The van der Waals surface area contributed by atoms with Crippen LogP contribution in [0.3, 0.4) is 0 Å². The maximum Gasteiger partial charge on any atom is 0.0184 e. The highest BCUT2D eigenvalue weighted by Gasteiger charge is 2.48. The summed E-state index contributed by atoms with van der Waals surface area (Å²) in [5.41, 5.74) is 6.71. The molecule has 0 bridgehead atoms. The Morgan fingerprint density at radius 3 is 2.55 bits per heavy atom. The van der Waals surface area contributed by atoms with Gasteiger partial charge in [0, 0.05) is 17.6 Å². The first-order valence-corrected chi connectivity index (χ1v) is 9.08. The van der Waals surface area contributed by atoms with Crippen molar-refractivity contribution in [1.29, 1.82) is 0 Å². The van der Waals surface area contributed by atoms with Crippen LogP contribution in [-0.2, 0) is 0 Å². The second kappa shape index (κ2) is 6.79. The van der Waals surface area contributed by atoms with Crippen LogP contribution < -0.4 is 5.73 Å². The predicted octanol–water partition coefficient (Wildman–Crippen LogP) is 4.18. The standard InChI is InChI=1S/C18H36N2/c1-5-8-11-20-17-10-9-15(19)12-16(17)14(6-2)13-18(20,4)7-3/h14-17H,5-13,19H2,1-4H3. The van der Waals surface area contributed by atoms with Gasteiger partial charge in [0.05, 0.1) is 0 Å². The van der Waals surface area contributed by atoms with E-state index in [9.17, 15) is 0 Å². The van der Waals surface area contributed by atoms with E-state index in [0.717, 1.165) is 17.9 Å². The molecule has 1 heterocycles. The molecule has 118 valence electrons. The van der Waals surface area contributed by atoms with Crippen LogP contribution in [0.4, 0.5) is 0 Å². The molecule has 0 aromatic heterocycles. The van der Waals surface area contributed by atoms with Gasteiger partial charge < -0.3 is 5.73 Å². The highest BCUT2D eigenvalue weighted by Crippen LogP contribution is 2.47. The van der Waals surface area contributed by atoms with E-state index < -0.39 is 0 Å². The van der Waals surface area contributed by atoms with Crippen molar-refractivity contribution in [2.75, 3.05) is 6.54 Å². The van der Waals surface area contributed by atoms with Gasteiger partial charge >= 0.3 is 0 Å². The molecule has 20 heavy (non-hydrogen) atoms. The third-order valence-electron chi connectivity index (χ3n) is 6.34. The molecule has 2 fully saturated rings. The number of unbranched alkanes of at least 4 members (excludes halogenated alkanes) is 1. The predicted molar refractivity (Wildman–Crippen MR) is 87.8 cm³/mol. The molecule has 2 nitrogen and oxygen atoms in total. The minimum atomic E-state index is 0.429. The lowest BCUT2D eigenvalue weighted by molar-refractivity contribution is -0.0771. The van der Waals surface area contributed by atoms with Crippen molar-refractivity contribution in [1.82, 2.24) is 4.90 Å². The zero-order valence-electron chi connectivity index (χ0n) is 14.2. The molecule has 0 spiro atoms. The lowest BCUT2D eigenvalue weighted by Crippen LogP contribution is -2.62. The Kier molecular flexibility index (Phi) is 5.53. The van der Waals surface area contributed by atoms with Gasteiger partial charge in [0.1, 0.15) is 0 Å². The van der Waals surface area contributed by atoms with Crippen LogP contribution in [0.1, 0.15) is 79.1 Å². The average Bonchev–Trinajstić information content (AvgIpc) is 2.46. The molecule has 1 aliphatic carbocycles. The van der Waals surface area contributed by atoms with Gasteiger partial charge in [-0.05, 0) is 63.8 Å². The summed E-state index contributed by atoms with van der Waals surface area (Å²) in [6.07, 6.45) is 10.5. The van der Waals surface area contributed by atoms with Gasteiger partial charge in [-0.1, -0.05) is 33.6 Å². The van der Waals surface area contributed by atoms with E-state index in [1.54, 1.807) is 0 Å². The molecule has 1 aliphatic heterocycles. The van der Waals surface area contributed by atoms with Crippen LogP contribution in [0.2, 0.25) is 0 Å². The Morgan fingerprint density at radius 1 is 1.20 bits per heavy atom. The molecule has 0 aromatic carbocycles. The van der Waals surface area contributed by atoms with E-state index in [1.807, 2.05) is 0 Å². The molecule has 2 N–H and O–H groups in total. The first-order chi connectivity index (χ1) is 9.55. The summed E-state index contributed by atoms with van der Waals surface area (Å²) >= 11 is 0. The van der Waals surface area contributed by atoms with Gasteiger partial charge in [-0.15, -0.1) is 0 Å². The van der Waals surface area contributed by atoms with Gasteiger partial charge in [-0.3, -0.25) is 4.90 Å². The van der Waals surface area contributed by atoms with E-state index in [4.69, 9.17) is 5.73 Å². The van der Waals surface area contributed by atoms with Crippen molar-refractivity contribution in [2.45, 2.75) is 96.7 Å². The third-order valence-corrected chi connectivity index (χ3v) is 6.34. The normalized spacial score (nSPS) is 42.5. The van der Waals surface area contributed by atoms with Crippen LogP contribution in [-0.4, -0.2) is 29.1 Å². The van der Waals surface area contributed by atoms with Gasteiger partial charge in [0.15, 0.2) is 0 Å². The molecule has 1 saturated carbocycles. The second-order valence-corrected chi connectivity index (χ2v) is 7.57. The zero-order chi connectivity index (χ0) is 14.8. The van der Waals surface area contributed by atoms with E-state index in [-0.39, 0.29) is 0 Å². The molecule has 2 aliphatic rings. The third kappa shape index (κ3) is 3.06. The number of hydrogen-bond acceptors (Lipinski definition) is 2. The highest BCUT2D eigenvalue weighted by atomic mass is 15.2. The van der Waals surface area contributed by atoms with Crippen molar-refractivity contribution >= 4 is 0 Å². The first kappa shape index (κ1) is 16.3. The number of piperidine rings is 1. The van der Waals surface area contributed by atoms with Crippen molar-refractivity contribution in [3.63, 3.8) is 0 Å². The molecule has 5 unspecified atom stereocenters. The summed E-state index contributed by atoms with van der Waals surface area (Å²) in [5, 5.41) is 0. The second-order valence-electron chi connectivity index (χ2n) is 7.57. The summed E-state index contributed by atoms with van der Waals surface area (Å²) in [5.74, 6) is 1.76. The van der Waals surface area contributed by atoms with Crippen LogP contribution in [0.5, 0.6) is 0 Å². The minimum absolute atomic E-state index is 0.429. The SMILES string of the molecule is CCCCN1C2CCC(N)CC2C(CC)CC1(C)CC. The Balaban J connectivity index is 2.21. The lowest BCUT2D eigenvalue weighted by Gasteiger charge is -2.58. The van der Waals surface area contributed by atoms with Crippen LogP contribution in [0.25, 0.3) is 0 Å². The lowest BCUT2D eigenvalue weighted by atomic mass is 9.64. The molecule has 5 atom stereocenters. The van der Waals surface area contributed by atoms with E-state index in [1.165, 1.54) is 57.9 Å². The van der Waals surface area contributed by atoms with Gasteiger partial charge in [-0.25, -0.2) is 0 Å². The summed E-state index contributed by atoms with van der Waals surface area (Å²) < 4.78 is 0. The van der Waals surface area contributed by atoms with Crippen molar-refractivity contribution in [2.24, 2.45) is 17.6 Å². The van der Waals surface area contributed by atoms with E-state index >= 15 is 0 Å². The number of fused-ring (bicyclic) bond motifs is 1. The zero-order valence-corrected chi connectivity index (χ0v) is 14.2. The summed E-state index contributed by atoms with van der Waals surface area (Å²) in [7, 11) is 0. The Bertz CT molecular complexity index is 304. The van der Waals surface area contributed by atoms with Crippen molar-refractivity contribution in [3.8, 4) is 0 Å². The molecule has 2 heteroatoms. The molecule has 0 aromatic rings. The van der Waals surface area contributed by atoms with Gasteiger partial charge in [-0.2, -0.15) is 0 Å². The first-order valence-electron chi connectivity index (χ1n) is 9.08. The van der Waals surface area contributed by atoms with Crippen LogP contribution in [0, 0.1) is 11.8 Å². The van der Waals surface area contributed by atoms with Crippen LogP contribution >= 0.6 is 0 Å². The average molecular weight is 280 g/mol. The van der Waals surface area contributed by atoms with Crippen molar-refractivity contribution in [3.05, 3.63) is 0 Å². The fourth-order valence-electron chi connectivity index (χ4n) is 4.91. The quantitative estimate of drug-likeness (QED) is 0.818. The van der Waals surface area contributed by atoms with Gasteiger partial charge in [0.25, 0.3) is 0 Å².